The van der Waals surface area contributed by atoms with Gasteiger partial charge in [-0.3, -0.25) is 4.79 Å². The Morgan fingerprint density at radius 1 is 1.17 bits per heavy atom. The number of carbonyl (C=O) groups is 1. The van der Waals surface area contributed by atoms with Gasteiger partial charge in [0.2, 0.25) is 6.41 Å². The van der Waals surface area contributed by atoms with E-state index in [0.29, 0.717) is 35.3 Å². The SMILES string of the molecule is CCC(/C=C/C(=N/C(=C(\C)c1ccc(OC)cc1)c1ccc(C#N)c(F)c1)N(C)C=O)CCC(C)C. The molecule has 0 heterocycles. The van der Waals surface area contributed by atoms with Gasteiger partial charge in [0.05, 0.1) is 18.4 Å². The lowest BCUT2D eigenvalue weighted by Gasteiger charge is -2.17. The molecule has 0 N–H and O–H groups in total. The van der Waals surface area contributed by atoms with Crippen molar-refractivity contribution in [2.75, 3.05) is 14.2 Å². The maximum atomic E-state index is 14.6. The number of ether oxygens (including phenoxy) is 1. The van der Waals surface area contributed by atoms with Crippen LogP contribution in [0.5, 0.6) is 5.75 Å². The van der Waals surface area contributed by atoms with E-state index in [4.69, 9.17) is 15.0 Å². The van der Waals surface area contributed by atoms with E-state index in [1.54, 1.807) is 20.2 Å². The first-order valence-electron chi connectivity index (χ1n) is 12.2. The summed E-state index contributed by atoms with van der Waals surface area (Å²) in [5.74, 6) is 1.52. The van der Waals surface area contributed by atoms with Crippen LogP contribution in [-0.2, 0) is 4.79 Å². The van der Waals surface area contributed by atoms with Crippen molar-refractivity contribution in [3.63, 3.8) is 0 Å². The van der Waals surface area contributed by atoms with Gasteiger partial charge in [-0.15, -0.1) is 0 Å². The number of hydrogen-bond acceptors (Lipinski definition) is 4. The highest BCUT2D eigenvalue weighted by Crippen LogP contribution is 2.30. The Morgan fingerprint density at radius 2 is 1.83 bits per heavy atom. The number of nitriles is 1. The fourth-order valence-electron chi connectivity index (χ4n) is 3.70. The van der Waals surface area contributed by atoms with Gasteiger partial charge in [-0.05, 0) is 73.1 Å². The maximum absolute atomic E-state index is 14.6. The molecule has 2 aromatic carbocycles. The monoisotopic (exact) mass is 489 g/mol. The average molecular weight is 490 g/mol. The summed E-state index contributed by atoms with van der Waals surface area (Å²) in [6, 6.07) is 13.8. The van der Waals surface area contributed by atoms with E-state index in [0.717, 1.165) is 36.1 Å². The van der Waals surface area contributed by atoms with E-state index in [9.17, 15) is 9.18 Å². The molecule has 5 nitrogen and oxygen atoms in total. The first-order chi connectivity index (χ1) is 17.2. The van der Waals surface area contributed by atoms with Gasteiger partial charge in [0.15, 0.2) is 0 Å². The molecule has 0 saturated heterocycles. The Hall–Kier alpha value is -3.72. The van der Waals surface area contributed by atoms with Crippen LogP contribution < -0.4 is 4.74 Å². The molecule has 0 radical (unpaired) electrons. The zero-order valence-corrected chi connectivity index (χ0v) is 22.1. The van der Waals surface area contributed by atoms with Crippen molar-refractivity contribution in [2.24, 2.45) is 16.8 Å². The number of rotatable bonds is 11. The number of likely N-dealkylation sites (N-methyl/N-ethyl adjacent to an activating group) is 1. The van der Waals surface area contributed by atoms with Gasteiger partial charge in [-0.25, -0.2) is 9.38 Å². The molecular formula is C30H36FN3O2. The maximum Gasteiger partial charge on any atom is 0.215 e. The van der Waals surface area contributed by atoms with Crippen LogP contribution in [-0.4, -0.2) is 31.3 Å². The lowest BCUT2D eigenvalue weighted by molar-refractivity contribution is -0.114. The van der Waals surface area contributed by atoms with Crippen LogP contribution in [0.2, 0.25) is 0 Å². The van der Waals surface area contributed by atoms with Crippen molar-refractivity contribution in [1.82, 2.24) is 4.90 Å². The first-order valence-corrected chi connectivity index (χ1v) is 12.2. The summed E-state index contributed by atoms with van der Waals surface area (Å²) in [5.41, 5.74) is 2.65. The van der Waals surface area contributed by atoms with E-state index in [1.165, 1.54) is 17.0 Å². The molecule has 1 atom stereocenters. The zero-order chi connectivity index (χ0) is 26.7. The molecule has 1 amide bonds. The van der Waals surface area contributed by atoms with Crippen molar-refractivity contribution in [1.29, 1.82) is 5.26 Å². The van der Waals surface area contributed by atoms with Gasteiger partial charge < -0.3 is 9.64 Å². The number of amidine groups is 1. The highest BCUT2D eigenvalue weighted by molar-refractivity contribution is 6.04. The second-order valence-corrected chi connectivity index (χ2v) is 9.19. The Morgan fingerprint density at radius 3 is 2.36 bits per heavy atom. The van der Waals surface area contributed by atoms with Crippen molar-refractivity contribution in [3.05, 3.63) is 77.1 Å². The summed E-state index contributed by atoms with van der Waals surface area (Å²) in [4.78, 5) is 18.0. The molecule has 2 rings (SSSR count). The highest BCUT2D eigenvalue weighted by atomic mass is 19.1. The fraction of sp³-hybridized carbons (Fsp3) is 0.367. The molecule has 0 fully saturated rings. The van der Waals surface area contributed by atoms with E-state index >= 15 is 0 Å². The Kier molecular flexibility index (Phi) is 11.1. The lowest BCUT2D eigenvalue weighted by atomic mass is 9.95. The largest absolute Gasteiger partial charge is 0.497 e. The molecule has 0 aliphatic heterocycles. The van der Waals surface area contributed by atoms with Gasteiger partial charge in [0.25, 0.3) is 0 Å². The zero-order valence-electron chi connectivity index (χ0n) is 22.1. The van der Waals surface area contributed by atoms with Crippen molar-refractivity contribution >= 4 is 23.5 Å². The minimum Gasteiger partial charge on any atom is -0.497 e. The standard InChI is InChI=1S/C30H36FN3O2/c1-7-23(9-8-21(2)3)10-17-29(34(5)20-35)33-30(25-11-12-26(19-32)28(31)18-25)22(4)24-13-15-27(36-6)16-14-24/h10-18,20-21,23H,7-9H2,1-6H3/b17-10+,30-22+,33-29-. The molecule has 0 aromatic heterocycles. The van der Waals surface area contributed by atoms with Gasteiger partial charge in [-0.1, -0.05) is 51.5 Å². The predicted molar refractivity (Wildman–Crippen MR) is 145 cm³/mol. The summed E-state index contributed by atoms with van der Waals surface area (Å²) < 4.78 is 19.9. The second kappa shape index (κ2) is 14.0. The Labute approximate surface area is 214 Å². The Balaban J connectivity index is 2.66. The molecule has 1 unspecified atom stereocenters. The van der Waals surface area contributed by atoms with Gasteiger partial charge in [0, 0.05) is 12.6 Å². The van der Waals surface area contributed by atoms with E-state index in [2.05, 4.69) is 26.8 Å². The minimum absolute atomic E-state index is 0.0368. The van der Waals surface area contributed by atoms with Crippen molar-refractivity contribution in [2.45, 2.75) is 47.0 Å². The normalized spacial score (nSPS) is 13.4. The fourth-order valence-corrected chi connectivity index (χ4v) is 3.70. The van der Waals surface area contributed by atoms with Crippen LogP contribution in [0.25, 0.3) is 11.3 Å². The van der Waals surface area contributed by atoms with Crippen LogP contribution in [0.15, 0.2) is 59.6 Å². The third-order valence-corrected chi connectivity index (χ3v) is 6.14. The third kappa shape index (κ3) is 7.91. The smallest absolute Gasteiger partial charge is 0.215 e. The summed E-state index contributed by atoms with van der Waals surface area (Å²) in [5, 5.41) is 9.16. The number of benzene rings is 2. The molecule has 2 aromatic rings. The van der Waals surface area contributed by atoms with Crippen molar-refractivity contribution < 1.29 is 13.9 Å². The molecule has 36 heavy (non-hydrogen) atoms. The first kappa shape index (κ1) is 28.5. The third-order valence-electron chi connectivity index (χ3n) is 6.14. The van der Waals surface area contributed by atoms with Gasteiger partial charge in [0.1, 0.15) is 23.5 Å². The summed E-state index contributed by atoms with van der Waals surface area (Å²) >= 11 is 0. The average Bonchev–Trinajstić information content (AvgIpc) is 2.89. The number of allylic oxidation sites excluding steroid dienone is 2. The molecule has 0 spiro atoms. The number of hydrogen-bond donors (Lipinski definition) is 0. The second-order valence-electron chi connectivity index (χ2n) is 9.19. The van der Waals surface area contributed by atoms with Crippen LogP contribution in [0.4, 0.5) is 4.39 Å². The van der Waals surface area contributed by atoms with Crippen LogP contribution in [0.1, 0.15) is 63.6 Å². The lowest BCUT2D eigenvalue weighted by Crippen LogP contribution is -2.23. The topological polar surface area (TPSA) is 65.7 Å². The molecule has 190 valence electrons. The predicted octanol–water partition coefficient (Wildman–Crippen LogP) is 7.10. The minimum atomic E-state index is -0.620. The molecular weight excluding hydrogens is 453 g/mol. The Bertz CT molecular complexity index is 1160. The highest BCUT2D eigenvalue weighted by Gasteiger charge is 2.14. The number of methoxy groups -OCH3 is 1. The molecule has 0 bridgehead atoms. The molecule has 0 saturated carbocycles. The molecule has 0 aliphatic rings. The number of aliphatic imine (C=N–C) groups is 1. The van der Waals surface area contributed by atoms with E-state index < -0.39 is 5.82 Å². The molecule has 0 aliphatic carbocycles. The van der Waals surface area contributed by atoms with Gasteiger partial charge in [-0.2, -0.15) is 5.26 Å². The number of amides is 1. The van der Waals surface area contributed by atoms with Crippen LogP contribution in [0, 0.1) is 29.0 Å². The quantitative estimate of drug-likeness (QED) is 0.146. The van der Waals surface area contributed by atoms with Crippen LogP contribution in [0.3, 0.4) is 0 Å². The summed E-state index contributed by atoms with van der Waals surface area (Å²) in [7, 11) is 3.25. The molecule has 6 heteroatoms. The number of nitrogens with zero attached hydrogens (tertiary/aromatic N) is 3. The van der Waals surface area contributed by atoms with Gasteiger partial charge >= 0.3 is 0 Å². The van der Waals surface area contributed by atoms with E-state index in [-0.39, 0.29) is 5.56 Å². The van der Waals surface area contributed by atoms with E-state index in [1.807, 2.05) is 43.3 Å². The van der Waals surface area contributed by atoms with Crippen molar-refractivity contribution in [3.8, 4) is 11.8 Å². The summed E-state index contributed by atoms with van der Waals surface area (Å²) in [6.45, 7) is 8.46. The number of halogens is 1. The number of carbonyl (C=O) groups excluding carboxylic acids is 1. The summed E-state index contributed by atoms with van der Waals surface area (Å²) in [6.07, 6.45) is 7.82. The van der Waals surface area contributed by atoms with Crippen LogP contribution >= 0.6 is 0 Å².